The first-order chi connectivity index (χ1) is 8.44. The third kappa shape index (κ3) is 2.38. The van der Waals surface area contributed by atoms with Gasteiger partial charge in [-0.05, 0) is 18.9 Å². The number of benzene rings is 1. The Kier molecular flexibility index (Phi) is 3.13. The molecule has 2 rings (SSSR count). The van der Waals surface area contributed by atoms with Crippen molar-refractivity contribution < 1.29 is 14.8 Å². The molecular formula is C11H11ClN2O4. The van der Waals surface area contributed by atoms with Crippen molar-refractivity contribution in [2.75, 3.05) is 11.9 Å². The zero-order valence-electron chi connectivity index (χ0n) is 9.35. The van der Waals surface area contributed by atoms with Crippen molar-refractivity contribution in [1.82, 2.24) is 0 Å². The summed E-state index contributed by atoms with van der Waals surface area (Å²) >= 11 is 5.89. The molecule has 0 spiro atoms. The van der Waals surface area contributed by atoms with Gasteiger partial charge in [0.2, 0.25) is 0 Å². The summed E-state index contributed by atoms with van der Waals surface area (Å²) in [5, 5.41) is 22.7. The van der Waals surface area contributed by atoms with Crippen LogP contribution in [0.2, 0.25) is 5.02 Å². The predicted octanol–water partition coefficient (Wildman–Crippen LogP) is 2.52. The van der Waals surface area contributed by atoms with Gasteiger partial charge < -0.3 is 10.4 Å². The maximum Gasteiger partial charge on any atom is 0.311 e. The minimum absolute atomic E-state index is 0.0927. The van der Waals surface area contributed by atoms with E-state index in [1.54, 1.807) is 0 Å². The van der Waals surface area contributed by atoms with Crippen LogP contribution in [0.4, 0.5) is 11.4 Å². The molecule has 0 aromatic heterocycles. The lowest BCUT2D eigenvalue weighted by Crippen LogP contribution is -2.24. The Labute approximate surface area is 108 Å². The molecule has 1 fully saturated rings. The van der Waals surface area contributed by atoms with E-state index in [0.717, 1.165) is 0 Å². The van der Waals surface area contributed by atoms with E-state index >= 15 is 0 Å². The van der Waals surface area contributed by atoms with Crippen LogP contribution < -0.4 is 5.32 Å². The van der Waals surface area contributed by atoms with Gasteiger partial charge in [-0.25, -0.2) is 0 Å². The maximum absolute atomic E-state index is 11.0. The van der Waals surface area contributed by atoms with Crippen molar-refractivity contribution in [2.45, 2.75) is 12.8 Å². The van der Waals surface area contributed by atoms with Crippen LogP contribution in [0.25, 0.3) is 0 Å². The highest BCUT2D eigenvalue weighted by atomic mass is 35.5. The highest BCUT2D eigenvalue weighted by Crippen LogP contribution is 2.46. The van der Waals surface area contributed by atoms with Gasteiger partial charge >= 0.3 is 5.97 Å². The van der Waals surface area contributed by atoms with E-state index in [1.807, 2.05) is 0 Å². The van der Waals surface area contributed by atoms with Gasteiger partial charge in [-0.3, -0.25) is 14.9 Å². The van der Waals surface area contributed by atoms with Gasteiger partial charge in [0.25, 0.3) is 5.69 Å². The van der Waals surface area contributed by atoms with Crippen LogP contribution >= 0.6 is 11.6 Å². The van der Waals surface area contributed by atoms with E-state index in [2.05, 4.69) is 5.32 Å². The second-order valence-corrected chi connectivity index (χ2v) is 4.77. The molecule has 96 valence electrons. The number of nitrogens with zero attached hydrogens (tertiary/aromatic N) is 1. The summed E-state index contributed by atoms with van der Waals surface area (Å²) in [4.78, 5) is 21.0. The average Bonchev–Trinajstić information content (AvgIpc) is 3.08. The van der Waals surface area contributed by atoms with Crippen LogP contribution in [0.3, 0.4) is 0 Å². The number of aliphatic carboxylic acids is 1. The van der Waals surface area contributed by atoms with E-state index in [1.165, 1.54) is 18.2 Å². The molecule has 1 saturated carbocycles. The average molecular weight is 271 g/mol. The fraction of sp³-hybridized carbons (Fsp3) is 0.364. The highest BCUT2D eigenvalue weighted by Gasteiger charge is 2.50. The van der Waals surface area contributed by atoms with E-state index in [4.69, 9.17) is 16.7 Å². The van der Waals surface area contributed by atoms with Gasteiger partial charge in [0.05, 0.1) is 21.0 Å². The highest BCUT2D eigenvalue weighted by molar-refractivity contribution is 6.33. The number of hydrogen-bond acceptors (Lipinski definition) is 4. The quantitative estimate of drug-likeness (QED) is 0.633. The lowest BCUT2D eigenvalue weighted by atomic mass is 10.1. The molecule has 1 aromatic rings. The van der Waals surface area contributed by atoms with Crippen LogP contribution in [-0.4, -0.2) is 22.5 Å². The number of hydrogen-bond donors (Lipinski definition) is 2. The molecule has 2 N–H and O–H groups in total. The number of carboxylic acids is 1. The van der Waals surface area contributed by atoms with Crippen LogP contribution in [0.15, 0.2) is 18.2 Å². The number of nitro benzene ring substituents is 1. The molecule has 7 heteroatoms. The number of nitro groups is 1. The molecule has 6 nitrogen and oxygen atoms in total. The fourth-order valence-corrected chi connectivity index (χ4v) is 1.88. The van der Waals surface area contributed by atoms with E-state index < -0.39 is 16.3 Å². The Morgan fingerprint density at radius 2 is 2.22 bits per heavy atom. The third-order valence-electron chi connectivity index (χ3n) is 3.09. The Morgan fingerprint density at radius 1 is 1.56 bits per heavy atom. The number of halogens is 1. The van der Waals surface area contributed by atoms with Crippen LogP contribution in [0.1, 0.15) is 12.8 Å². The Bertz CT molecular complexity index is 514. The zero-order chi connectivity index (χ0) is 13.3. The standard InChI is InChI=1S/C11H11ClN2O4/c12-8-5-7(14(17)18)1-2-9(8)13-6-11(3-4-11)10(15)16/h1-2,5,13H,3-4,6H2,(H,15,16). The number of nitrogens with one attached hydrogen (secondary N) is 1. The van der Waals surface area contributed by atoms with Crippen LogP contribution in [0, 0.1) is 15.5 Å². The molecule has 18 heavy (non-hydrogen) atoms. The van der Waals surface area contributed by atoms with Gasteiger partial charge in [-0.15, -0.1) is 0 Å². The summed E-state index contributed by atoms with van der Waals surface area (Å²) in [7, 11) is 0. The van der Waals surface area contributed by atoms with Gasteiger partial charge in [-0.2, -0.15) is 0 Å². The third-order valence-corrected chi connectivity index (χ3v) is 3.40. The summed E-state index contributed by atoms with van der Waals surface area (Å²) in [5.74, 6) is -0.826. The SMILES string of the molecule is O=C(O)C1(CNc2ccc([N+](=O)[O-])cc2Cl)CC1. The largest absolute Gasteiger partial charge is 0.481 e. The van der Waals surface area contributed by atoms with E-state index in [0.29, 0.717) is 18.5 Å². The molecule has 0 unspecified atom stereocenters. The molecule has 1 aliphatic rings. The monoisotopic (exact) mass is 270 g/mol. The van der Waals surface area contributed by atoms with Gasteiger partial charge in [-0.1, -0.05) is 11.6 Å². The lowest BCUT2D eigenvalue weighted by molar-refractivity contribution is -0.384. The Morgan fingerprint density at radius 3 is 2.67 bits per heavy atom. The number of carbonyl (C=O) groups is 1. The molecule has 0 bridgehead atoms. The molecule has 0 heterocycles. The van der Waals surface area contributed by atoms with Crippen molar-refractivity contribution in [3.05, 3.63) is 33.3 Å². The molecule has 0 aliphatic heterocycles. The number of anilines is 1. The summed E-state index contributed by atoms with van der Waals surface area (Å²) < 4.78 is 0. The van der Waals surface area contributed by atoms with Gasteiger partial charge in [0.1, 0.15) is 0 Å². The second kappa shape index (κ2) is 4.45. The minimum atomic E-state index is -0.826. The normalized spacial score (nSPS) is 16.1. The first-order valence-electron chi connectivity index (χ1n) is 5.36. The minimum Gasteiger partial charge on any atom is -0.481 e. The second-order valence-electron chi connectivity index (χ2n) is 4.36. The van der Waals surface area contributed by atoms with Crippen molar-refractivity contribution >= 4 is 28.9 Å². The summed E-state index contributed by atoms with van der Waals surface area (Å²) in [6.45, 7) is 0.278. The Balaban J connectivity index is 2.07. The first-order valence-corrected chi connectivity index (χ1v) is 5.74. The molecule has 0 amide bonds. The smallest absolute Gasteiger partial charge is 0.311 e. The molecule has 0 saturated heterocycles. The van der Waals surface area contributed by atoms with E-state index in [-0.39, 0.29) is 17.3 Å². The topological polar surface area (TPSA) is 92.5 Å². The Hall–Kier alpha value is -1.82. The maximum atomic E-state index is 11.0. The lowest BCUT2D eigenvalue weighted by Gasteiger charge is -2.13. The molecular weight excluding hydrogens is 260 g/mol. The van der Waals surface area contributed by atoms with Crippen molar-refractivity contribution in [1.29, 1.82) is 0 Å². The molecule has 1 aliphatic carbocycles. The predicted molar refractivity (Wildman–Crippen MR) is 65.9 cm³/mol. The summed E-state index contributed by atoms with van der Waals surface area (Å²) in [6, 6.07) is 4.05. The van der Waals surface area contributed by atoms with Crippen molar-refractivity contribution in [3.63, 3.8) is 0 Å². The summed E-state index contributed by atoms with van der Waals surface area (Å²) in [6.07, 6.45) is 1.28. The number of rotatable bonds is 5. The summed E-state index contributed by atoms with van der Waals surface area (Å²) in [5.41, 5.74) is -0.287. The number of non-ortho nitro benzene ring substituents is 1. The molecule has 0 atom stereocenters. The van der Waals surface area contributed by atoms with Crippen LogP contribution in [-0.2, 0) is 4.79 Å². The molecule has 1 aromatic carbocycles. The van der Waals surface area contributed by atoms with Crippen LogP contribution in [0.5, 0.6) is 0 Å². The van der Waals surface area contributed by atoms with E-state index in [9.17, 15) is 14.9 Å². The molecule has 0 radical (unpaired) electrons. The fourth-order valence-electron chi connectivity index (χ4n) is 1.64. The van der Waals surface area contributed by atoms with Gasteiger partial charge in [0.15, 0.2) is 0 Å². The first kappa shape index (κ1) is 12.6. The van der Waals surface area contributed by atoms with Crippen molar-refractivity contribution in [2.24, 2.45) is 5.41 Å². The number of carboxylic acid groups (broad SMARTS) is 1. The van der Waals surface area contributed by atoms with Gasteiger partial charge in [0, 0.05) is 18.7 Å². The van der Waals surface area contributed by atoms with Crippen molar-refractivity contribution in [3.8, 4) is 0 Å². The zero-order valence-corrected chi connectivity index (χ0v) is 10.1.